The zero-order chi connectivity index (χ0) is 11.3. The summed E-state index contributed by atoms with van der Waals surface area (Å²) in [7, 11) is 0. The van der Waals surface area contributed by atoms with Crippen molar-refractivity contribution >= 4 is 0 Å². The summed E-state index contributed by atoms with van der Waals surface area (Å²) in [6, 6.07) is 10.6. The maximum Gasteiger partial charge on any atom is 0.0658 e. The number of benzene rings is 1. The molecule has 0 saturated carbocycles. The Morgan fingerprint density at radius 2 is 1.93 bits per heavy atom. The molecule has 0 fully saturated rings. The summed E-state index contributed by atoms with van der Waals surface area (Å²) in [6.45, 7) is 7.33. The normalized spacial score (nSPS) is 13.2. The van der Waals surface area contributed by atoms with Crippen LogP contribution >= 0.6 is 0 Å². The zero-order valence-corrected chi connectivity index (χ0v) is 9.75. The molecule has 0 heterocycles. The lowest BCUT2D eigenvalue weighted by atomic mass is 9.84. The fourth-order valence-corrected chi connectivity index (χ4v) is 1.46. The molecule has 1 rings (SSSR count). The Morgan fingerprint density at radius 3 is 2.47 bits per heavy atom. The van der Waals surface area contributed by atoms with Crippen molar-refractivity contribution in [1.82, 2.24) is 5.32 Å². The molecular weight excluding hydrogens is 182 g/mol. The van der Waals surface area contributed by atoms with Crippen molar-refractivity contribution in [2.45, 2.75) is 32.2 Å². The second kappa shape index (κ2) is 5.00. The average molecular weight is 201 g/mol. The Bertz CT molecular complexity index is 332. The number of nitrogens with one attached hydrogen (secondary N) is 1. The van der Waals surface area contributed by atoms with Crippen LogP contribution in [0.1, 0.15) is 26.3 Å². The second-order valence-electron chi connectivity index (χ2n) is 4.52. The largest absolute Gasteiger partial charge is 0.303 e. The second-order valence-corrected chi connectivity index (χ2v) is 4.52. The topological polar surface area (TPSA) is 12.0 Å². The lowest BCUT2D eigenvalue weighted by Crippen LogP contribution is -2.37. The first-order chi connectivity index (χ1) is 7.06. The average Bonchev–Trinajstić information content (AvgIpc) is 2.27. The van der Waals surface area contributed by atoms with Crippen molar-refractivity contribution in [2.24, 2.45) is 0 Å². The van der Waals surface area contributed by atoms with E-state index in [2.05, 4.69) is 49.4 Å². The van der Waals surface area contributed by atoms with Gasteiger partial charge in [-0.2, -0.15) is 0 Å². The van der Waals surface area contributed by atoms with Gasteiger partial charge in [-0.25, -0.2) is 0 Å². The van der Waals surface area contributed by atoms with E-state index in [1.807, 2.05) is 13.0 Å². The third-order valence-electron chi connectivity index (χ3n) is 2.66. The molecule has 0 aromatic heterocycles. The van der Waals surface area contributed by atoms with E-state index in [1.54, 1.807) is 0 Å². The van der Waals surface area contributed by atoms with Crippen molar-refractivity contribution in [3.63, 3.8) is 0 Å². The molecule has 1 aromatic carbocycles. The first kappa shape index (κ1) is 11.8. The molecule has 0 radical (unpaired) electrons. The Balaban J connectivity index is 2.64. The van der Waals surface area contributed by atoms with Gasteiger partial charge < -0.3 is 5.32 Å². The van der Waals surface area contributed by atoms with Crippen LogP contribution in [-0.2, 0) is 5.41 Å². The van der Waals surface area contributed by atoms with Gasteiger partial charge in [0.25, 0.3) is 0 Å². The highest BCUT2D eigenvalue weighted by Gasteiger charge is 2.20. The van der Waals surface area contributed by atoms with Gasteiger partial charge in [-0.3, -0.25) is 0 Å². The maximum atomic E-state index is 5.33. The first-order valence-electron chi connectivity index (χ1n) is 5.31. The van der Waals surface area contributed by atoms with E-state index in [0.29, 0.717) is 0 Å². The van der Waals surface area contributed by atoms with Gasteiger partial charge in [0.2, 0.25) is 0 Å². The molecule has 0 bridgehead atoms. The third-order valence-corrected chi connectivity index (χ3v) is 2.66. The first-order valence-corrected chi connectivity index (χ1v) is 5.31. The number of hydrogen-bond acceptors (Lipinski definition) is 1. The van der Waals surface area contributed by atoms with Crippen molar-refractivity contribution in [3.05, 3.63) is 35.9 Å². The molecular formula is C14H19N. The van der Waals surface area contributed by atoms with E-state index >= 15 is 0 Å². The third kappa shape index (κ3) is 3.42. The monoisotopic (exact) mass is 201 g/mol. The van der Waals surface area contributed by atoms with Gasteiger partial charge in [-0.1, -0.05) is 50.1 Å². The van der Waals surface area contributed by atoms with Crippen LogP contribution in [0.25, 0.3) is 0 Å². The van der Waals surface area contributed by atoms with Gasteiger partial charge in [0.05, 0.1) is 6.04 Å². The standard InChI is InChI=1S/C14H19N/c1-5-12(2)15-11-14(3,4)13-9-7-6-8-10-13/h1,6-10,12,15H,11H2,2-4H3. The van der Waals surface area contributed by atoms with Gasteiger partial charge >= 0.3 is 0 Å². The van der Waals surface area contributed by atoms with E-state index in [4.69, 9.17) is 6.42 Å². The smallest absolute Gasteiger partial charge is 0.0658 e. The Hall–Kier alpha value is -1.26. The van der Waals surface area contributed by atoms with E-state index in [9.17, 15) is 0 Å². The van der Waals surface area contributed by atoms with Gasteiger partial charge in [-0.05, 0) is 12.5 Å². The molecule has 80 valence electrons. The van der Waals surface area contributed by atoms with Crippen LogP contribution in [0.2, 0.25) is 0 Å². The van der Waals surface area contributed by atoms with Gasteiger partial charge in [0.15, 0.2) is 0 Å². The van der Waals surface area contributed by atoms with Crippen molar-refractivity contribution in [1.29, 1.82) is 0 Å². The predicted octanol–water partition coefficient (Wildman–Crippen LogP) is 2.58. The summed E-state index contributed by atoms with van der Waals surface area (Å²) in [5.74, 6) is 2.68. The molecule has 0 aliphatic carbocycles. The minimum absolute atomic E-state index is 0.117. The van der Waals surface area contributed by atoms with Crippen LogP contribution < -0.4 is 5.32 Å². The fraction of sp³-hybridized carbons (Fsp3) is 0.429. The van der Waals surface area contributed by atoms with Crippen LogP contribution in [0.15, 0.2) is 30.3 Å². The summed E-state index contributed by atoms with van der Waals surface area (Å²) in [5, 5.41) is 3.33. The fourth-order valence-electron chi connectivity index (χ4n) is 1.46. The summed E-state index contributed by atoms with van der Waals surface area (Å²) in [4.78, 5) is 0. The molecule has 0 saturated heterocycles. The van der Waals surface area contributed by atoms with E-state index in [0.717, 1.165) is 6.54 Å². The molecule has 1 heteroatoms. The van der Waals surface area contributed by atoms with Crippen LogP contribution in [0.4, 0.5) is 0 Å². The Kier molecular flexibility index (Phi) is 3.94. The van der Waals surface area contributed by atoms with Gasteiger partial charge in [-0.15, -0.1) is 6.42 Å². The summed E-state index contributed by atoms with van der Waals surface area (Å²) >= 11 is 0. The maximum absolute atomic E-state index is 5.33. The van der Waals surface area contributed by atoms with Crippen LogP contribution in [-0.4, -0.2) is 12.6 Å². The van der Waals surface area contributed by atoms with Gasteiger partial charge in [0.1, 0.15) is 0 Å². The predicted molar refractivity (Wildman–Crippen MR) is 65.8 cm³/mol. The SMILES string of the molecule is C#CC(C)NCC(C)(C)c1ccccc1. The summed E-state index contributed by atoms with van der Waals surface area (Å²) < 4.78 is 0. The van der Waals surface area contributed by atoms with Crippen LogP contribution in [0, 0.1) is 12.3 Å². The molecule has 1 nitrogen and oxygen atoms in total. The molecule has 0 amide bonds. The summed E-state index contributed by atoms with van der Waals surface area (Å²) in [6.07, 6.45) is 5.33. The Morgan fingerprint density at radius 1 is 1.33 bits per heavy atom. The number of terminal acetylenes is 1. The molecule has 1 atom stereocenters. The van der Waals surface area contributed by atoms with Crippen LogP contribution in [0.3, 0.4) is 0 Å². The molecule has 0 spiro atoms. The molecule has 1 aromatic rings. The molecule has 1 N–H and O–H groups in total. The summed E-state index contributed by atoms with van der Waals surface area (Å²) in [5.41, 5.74) is 1.45. The van der Waals surface area contributed by atoms with Gasteiger partial charge in [0, 0.05) is 12.0 Å². The minimum Gasteiger partial charge on any atom is -0.303 e. The molecule has 15 heavy (non-hydrogen) atoms. The van der Waals surface area contributed by atoms with Crippen molar-refractivity contribution in [3.8, 4) is 12.3 Å². The van der Waals surface area contributed by atoms with Crippen molar-refractivity contribution < 1.29 is 0 Å². The molecule has 0 aliphatic heterocycles. The highest BCUT2D eigenvalue weighted by Crippen LogP contribution is 2.21. The highest BCUT2D eigenvalue weighted by molar-refractivity contribution is 5.24. The molecule has 1 unspecified atom stereocenters. The van der Waals surface area contributed by atoms with Crippen LogP contribution in [0.5, 0.6) is 0 Å². The quantitative estimate of drug-likeness (QED) is 0.738. The highest BCUT2D eigenvalue weighted by atomic mass is 14.9. The number of hydrogen-bond donors (Lipinski definition) is 1. The Labute approximate surface area is 92.9 Å². The lowest BCUT2D eigenvalue weighted by molar-refractivity contribution is 0.458. The molecule has 0 aliphatic rings. The van der Waals surface area contributed by atoms with E-state index in [-0.39, 0.29) is 11.5 Å². The minimum atomic E-state index is 0.117. The number of rotatable bonds is 4. The lowest BCUT2D eigenvalue weighted by Gasteiger charge is -2.26. The van der Waals surface area contributed by atoms with E-state index in [1.165, 1.54) is 5.56 Å². The van der Waals surface area contributed by atoms with E-state index < -0.39 is 0 Å². The zero-order valence-electron chi connectivity index (χ0n) is 9.75. The van der Waals surface area contributed by atoms with Crippen molar-refractivity contribution in [2.75, 3.05) is 6.54 Å².